The number of nitrogens with one attached hydrogen (secondary N) is 1. The predicted molar refractivity (Wildman–Crippen MR) is 115 cm³/mol. The minimum absolute atomic E-state index is 0.0210. The number of nitrogens with zero attached hydrogens (tertiary/aromatic N) is 1. The van der Waals surface area contributed by atoms with Gasteiger partial charge < -0.3 is 19.5 Å². The predicted octanol–water partition coefficient (Wildman–Crippen LogP) is 2.82. The van der Waals surface area contributed by atoms with Crippen LogP contribution < -0.4 is 23.8 Å². The van der Waals surface area contributed by atoms with Crippen LogP contribution in [0.4, 0.5) is 5.69 Å². The summed E-state index contributed by atoms with van der Waals surface area (Å²) in [7, 11) is 0.341. The molecule has 0 bridgehead atoms. The molecule has 0 saturated heterocycles. The van der Waals surface area contributed by atoms with Gasteiger partial charge in [-0.2, -0.15) is 0 Å². The average molecular weight is 437 g/mol. The number of rotatable bonds is 10. The zero-order valence-corrected chi connectivity index (χ0v) is 18.7. The van der Waals surface area contributed by atoms with Gasteiger partial charge in [-0.3, -0.25) is 9.10 Å². The fourth-order valence-corrected chi connectivity index (χ4v) is 4.16. The van der Waals surface area contributed by atoms with Crippen molar-refractivity contribution in [1.29, 1.82) is 0 Å². The van der Waals surface area contributed by atoms with E-state index in [2.05, 4.69) is 5.32 Å². The fourth-order valence-electron chi connectivity index (χ4n) is 2.72. The van der Waals surface area contributed by atoms with Crippen molar-refractivity contribution in [3.63, 3.8) is 0 Å². The highest BCUT2D eigenvalue weighted by molar-refractivity contribution is 7.92. The first kappa shape index (κ1) is 23.3. The Bertz CT molecular complexity index is 960. The van der Waals surface area contributed by atoms with Crippen LogP contribution in [0.3, 0.4) is 0 Å². The molecule has 1 amide bonds. The lowest BCUT2D eigenvalue weighted by Gasteiger charge is -2.25. The Hall–Kier alpha value is -2.94. The lowest BCUT2D eigenvalue weighted by molar-refractivity contribution is -0.120. The summed E-state index contributed by atoms with van der Waals surface area (Å²) < 4.78 is 43.6. The molecular weight excluding hydrogens is 408 g/mol. The van der Waals surface area contributed by atoms with Crippen molar-refractivity contribution < 1.29 is 27.4 Å². The van der Waals surface area contributed by atoms with Crippen LogP contribution in [0.25, 0.3) is 0 Å². The number of amides is 1. The van der Waals surface area contributed by atoms with Gasteiger partial charge in [0.05, 0.1) is 31.9 Å². The molecule has 2 aromatic rings. The van der Waals surface area contributed by atoms with Gasteiger partial charge in [0.1, 0.15) is 12.3 Å². The molecule has 2 rings (SSSR count). The molecule has 0 aromatic heterocycles. The molecule has 30 heavy (non-hydrogen) atoms. The minimum Gasteiger partial charge on any atom is -0.497 e. The van der Waals surface area contributed by atoms with E-state index in [-0.39, 0.29) is 23.2 Å². The lowest BCUT2D eigenvalue weighted by Crippen LogP contribution is -2.43. The third-order valence-electron chi connectivity index (χ3n) is 4.61. The monoisotopic (exact) mass is 436 g/mol. The topological polar surface area (TPSA) is 94.2 Å². The van der Waals surface area contributed by atoms with E-state index in [1.807, 2.05) is 13.8 Å². The standard InChI is InChI=1S/C21H28N2O6S/c1-6-15(2)22-21(24)14-23(16-7-9-17(27-3)10-8-16)30(25,26)18-11-12-19(28-4)20(13-18)29-5/h7-13,15H,6,14H2,1-5H3,(H,22,24)/t15-/m0/s1. The summed E-state index contributed by atoms with van der Waals surface area (Å²) in [6.45, 7) is 3.43. The summed E-state index contributed by atoms with van der Waals surface area (Å²) in [5.41, 5.74) is 0.338. The van der Waals surface area contributed by atoms with Gasteiger partial charge in [0.15, 0.2) is 11.5 Å². The van der Waals surface area contributed by atoms with E-state index in [1.165, 1.54) is 39.5 Å². The molecule has 0 spiro atoms. The van der Waals surface area contributed by atoms with Crippen molar-refractivity contribution in [2.24, 2.45) is 0 Å². The van der Waals surface area contributed by atoms with E-state index in [0.717, 1.165) is 10.7 Å². The van der Waals surface area contributed by atoms with Crippen molar-refractivity contribution in [1.82, 2.24) is 5.32 Å². The van der Waals surface area contributed by atoms with Gasteiger partial charge in [-0.25, -0.2) is 8.42 Å². The molecule has 0 aliphatic rings. The summed E-state index contributed by atoms with van der Waals surface area (Å²) in [6, 6.07) is 10.7. The average Bonchev–Trinajstić information content (AvgIpc) is 2.76. The zero-order valence-electron chi connectivity index (χ0n) is 17.8. The molecule has 0 saturated carbocycles. The largest absolute Gasteiger partial charge is 0.497 e. The fraction of sp³-hybridized carbons (Fsp3) is 0.381. The number of benzene rings is 2. The normalized spacial score (nSPS) is 12.0. The highest BCUT2D eigenvalue weighted by Gasteiger charge is 2.28. The number of anilines is 1. The molecule has 8 nitrogen and oxygen atoms in total. The third kappa shape index (κ3) is 5.35. The van der Waals surface area contributed by atoms with Crippen LogP contribution in [0.1, 0.15) is 20.3 Å². The van der Waals surface area contributed by atoms with E-state index >= 15 is 0 Å². The van der Waals surface area contributed by atoms with Gasteiger partial charge >= 0.3 is 0 Å². The van der Waals surface area contributed by atoms with E-state index in [4.69, 9.17) is 14.2 Å². The van der Waals surface area contributed by atoms with E-state index in [1.54, 1.807) is 24.3 Å². The number of methoxy groups -OCH3 is 3. The Morgan fingerprint density at radius 1 is 1.00 bits per heavy atom. The molecular formula is C21H28N2O6S. The zero-order chi connectivity index (χ0) is 22.3. The molecule has 164 valence electrons. The minimum atomic E-state index is -4.07. The molecule has 0 radical (unpaired) electrons. The first-order valence-corrected chi connectivity index (χ1v) is 10.9. The second-order valence-electron chi connectivity index (χ2n) is 6.60. The van der Waals surface area contributed by atoms with Crippen molar-refractivity contribution in [3.05, 3.63) is 42.5 Å². The second kappa shape index (κ2) is 10.2. The first-order chi connectivity index (χ1) is 14.3. The molecule has 9 heteroatoms. The second-order valence-corrected chi connectivity index (χ2v) is 8.47. The maximum absolute atomic E-state index is 13.5. The van der Waals surface area contributed by atoms with Crippen molar-refractivity contribution in [2.45, 2.75) is 31.2 Å². The number of carbonyl (C=O) groups is 1. The number of hydrogen-bond donors (Lipinski definition) is 1. The summed E-state index contributed by atoms with van der Waals surface area (Å²) in [4.78, 5) is 12.5. The molecule has 2 aromatic carbocycles. The van der Waals surface area contributed by atoms with Crippen LogP contribution in [0.2, 0.25) is 0 Å². The van der Waals surface area contributed by atoms with Gasteiger partial charge in [-0.1, -0.05) is 6.92 Å². The van der Waals surface area contributed by atoms with Gasteiger partial charge in [0.2, 0.25) is 5.91 Å². The molecule has 0 heterocycles. The van der Waals surface area contributed by atoms with Gasteiger partial charge in [0, 0.05) is 12.1 Å². The Morgan fingerprint density at radius 2 is 1.63 bits per heavy atom. The van der Waals surface area contributed by atoms with Crippen molar-refractivity contribution in [2.75, 3.05) is 32.2 Å². The number of hydrogen-bond acceptors (Lipinski definition) is 6. The Kier molecular flexibility index (Phi) is 7.93. The number of sulfonamides is 1. The number of ether oxygens (including phenoxy) is 3. The Labute approximate surface area is 177 Å². The highest BCUT2D eigenvalue weighted by atomic mass is 32.2. The molecule has 1 atom stereocenters. The smallest absolute Gasteiger partial charge is 0.264 e. The quantitative estimate of drug-likeness (QED) is 0.616. The van der Waals surface area contributed by atoms with Crippen LogP contribution in [0.15, 0.2) is 47.4 Å². The van der Waals surface area contributed by atoms with E-state index in [0.29, 0.717) is 17.2 Å². The van der Waals surface area contributed by atoms with E-state index < -0.39 is 15.9 Å². The molecule has 1 N–H and O–H groups in total. The molecule has 0 unspecified atom stereocenters. The summed E-state index contributed by atoms with van der Waals surface area (Å²) in [6.07, 6.45) is 0.733. The van der Waals surface area contributed by atoms with Crippen LogP contribution in [-0.4, -0.2) is 48.2 Å². The maximum atomic E-state index is 13.5. The van der Waals surface area contributed by atoms with Gasteiger partial charge in [0.25, 0.3) is 10.0 Å². The van der Waals surface area contributed by atoms with Crippen molar-refractivity contribution >= 4 is 21.6 Å². The summed E-state index contributed by atoms with van der Waals surface area (Å²) >= 11 is 0. The Balaban J connectivity index is 2.49. The van der Waals surface area contributed by atoms with Crippen LogP contribution in [0, 0.1) is 0 Å². The summed E-state index contributed by atoms with van der Waals surface area (Å²) in [5.74, 6) is 0.856. The maximum Gasteiger partial charge on any atom is 0.264 e. The summed E-state index contributed by atoms with van der Waals surface area (Å²) in [5, 5.41) is 2.80. The van der Waals surface area contributed by atoms with Gasteiger partial charge in [-0.05, 0) is 49.7 Å². The first-order valence-electron chi connectivity index (χ1n) is 9.45. The van der Waals surface area contributed by atoms with Crippen LogP contribution >= 0.6 is 0 Å². The lowest BCUT2D eigenvalue weighted by atomic mass is 10.2. The van der Waals surface area contributed by atoms with E-state index in [9.17, 15) is 13.2 Å². The third-order valence-corrected chi connectivity index (χ3v) is 6.38. The molecule has 0 aliphatic heterocycles. The van der Waals surface area contributed by atoms with Crippen molar-refractivity contribution in [3.8, 4) is 17.2 Å². The molecule has 0 aliphatic carbocycles. The van der Waals surface area contributed by atoms with Crippen LogP contribution in [0.5, 0.6) is 17.2 Å². The highest BCUT2D eigenvalue weighted by Crippen LogP contribution is 2.32. The molecule has 0 fully saturated rings. The number of carbonyl (C=O) groups excluding carboxylic acids is 1. The van der Waals surface area contributed by atoms with Crippen LogP contribution in [-0.2, 0) is 14.8 Å². The van der Waals surface area contributed by atoms with Gasteiger partial charge in [-0.15, -0.1) is 0 Å². The SMILES string of the molecule is CC[C@H](C)NC(=O)CN(c1ccc(OC)cc1)S(=O)(=O)c1ccc(OC)c(OC)c1. The Morgan fingerprint density at radius 3 is 2.17 bits per heavy atom.